The molecule has 0 aromatic heterocycles. The molecule has 0 fully saturated rings. The SMILES string of the molecule is COc1cc(CC2CC=CCN2)cc(OC)c1OC. The molecule has 104 valence electrons. The van der Waals surface area contributed by atoms with Gasteiger partial charge in [0.15, 0.2) is 11.5 Å². The summed E-state index contributed by atoms with van der Waals surface area (Å²) in [5.41, 5.74) is 1.18. The summed E-state index contributed by atoms with van der Waals surface area (Å²) in [6.07, 6.45) is 6.38. The lowest BCUT2D eigenvalue weighted by molar-refractivity contribution is 0.323. The zero-order chi connectivity index (χ0) is 13.7. The lowest BCUT2D eigenvalue weighted by atomic mass is 10.0. The highest BCUT2D eigenvalue weighted by Crippen LogP contribution is 2.38. The summed E-state index contributed by atoms with van der Waals surface area (Å²) in [5.74, 6) is 2.07. The smallest absolute Gasteiger partial charge is 0.203 e. The van der Waals surface area contributed by atoms with E-state index in [0.29, 0.717) is 23.3 Å². The third-order valence-electron chi connectivity index (χ3n) is 3.32. The number of benzene rings is 1. The van der Waals surface area contributed by atoms with Crippen LogP contribution in [0.5, 0.6) is 17.2 Å². The highest BCUT2D eigenvalue weighted by atomic mass is 16.5. The summed E-state index contributed by atoms with van der Waals surface area (Å²) in [6.45, 7) is 0.940. The van der Waals surface area contributed by atoms with Gasteiger partial charge < -0.3 is 19.5 Å². The highest BCUT2D eigenvalue weighted by Gasteiger charge is 2.16. The Kier molecular flexibility index (Phi) is 4.68. The Morgan fingerprint density at radius 3 is 2.21 bits per heavy atom. The van der Waals surface area contributed by atoms with Crippen LogP contribution in [0.2, 0.25) is 0 Å². The lowest BCUT2D eigenvalue weighted by Crippen LogP contribution is -2.33. The minimum atomic E-state index is 0.466. The maximum atomic E-state index is 5.37. The van der Waals surface area contributed by atoms with Gasteiger partial charge in [-0.25, -0.2) is 0 Å². The molecule has 1 aliphatic rings. The first-order valence-electron chi connectivity index (χ1n) is 6.45. The van der Waals surface area contributed by atoms with Crippen molar-refractivity contribution in [1.29, 1.82) is 0 Å². The monoisotopic (exact) mass is 263 g/mol. The van der Waals surface area contributed by atoms with Gasteiger partial charge in [-0.05, 0) is 30.5 Å². The molecule has 19 heavy (non-hydrogen) atoms. The van der Waals surface area contributed by atoms with Crippen LogP contribution < -0.4 is 19.5 Å². The third kappa shape index (κ3) is 3.20. The van der Waals surface area contributed by atoms with Crippen molar-refractivity contribution < 1.29 is 14.2 Å². The molecule has 4 nitrogen and oxygen atoms in total. The topological polar surface area (TPSA) is 39.7 Å². The van der Waals surface area contributed by atoms with E-state index in [1.165, 1.54) is 5.56 Å². The predicted octanol–water partition coefficient (Wildman–Crippen LogP) is 2.17. The van der Waals surface area contributed by atoms with E-state index in [0.717, 1.165) is 19.4 Å². The van der Waals surface area contributed by atoms with E-state index < -0.39 is 0 Å². The molecule has 2 rings (SSSR count). The molecular weight excluding hydrogens is 242 g/mol. The summed E-state index contributed by atoms with van der Waals surface area (Å²) in [4.78, 5) is 0. The molecule has 0 aliphatic carbocycles. The average Bonchev–Trinajstić information content (AvgIpc) is 2.47. The summed E-state index contributed by atoms with van der Waals surface area (Å²) in [5, 5.41) is 3.47. The van der Waals surface area contributed by atoms with Crippen LogP contribution in [0.3, 0.4) is 0 Å². The number of hydrogen-bond acceptors (Lipinski definition) is 4. The van der Waals surface area contributed by atoms with E-state index in [-0.39, 0.29) is 0 Å². The third-order valence-corrected chi connectivity index (χ3v) is 3.32. The van der Waals surface area contributed by atoms with Crippen LogP contribution in [-0.2, 0) is 6.42 Å². The fourth-order valence-electron chi connectivity index (χ4n) is 2.36. The van der Waals surface area contributed by atoms with Crippen LogP contribution in [-0.4, -0.2) is 33.9 Å². The first-order chi connectivity index (χ1) is 9.28. The van der Waals surface area contributed by atoms with Gasteiger partial charge in [-0.15, -0.1) is 0 Å². The molecule has 0 spiro atoms. The van der Waals surface area contributed by atoms with E-state index in [2.05, 4.69) is 17.5 Å². The van der Waals surface area contributed by atoms with Crippen LogP contribution in [0.15, 0.2) is 24.3 Å². The van der Waals surface area contributed by atoms with Crippen molar-refractivity contribution >= 4 is 0 Å². The normalized spacial score (nSPS) is 18.2. The Balaban J connectivity index is 2.22. The van der Waals surface area contributed by atoms with Gasteiger partial charge in [-0.3, -0.25) is 0 Å². The quantitative estimate of drug-likeness (QED) is 0.827. The molecule has 1 aromatic rings. The first-order valence-corrected chi connectivity index (χ1v) is 6.45. The predicted molar refractivity (Wildman–Crippen MR) is 75.3 cm³/mol. The Labute approximate surface area is 114 Å². The zero-order valence-corrected chi connectivity index (χ0v) is 11.7. The van der Waals surface area contributed by atoms with Gasteiger partial charge in [0.2, 0.25) is 5.75 Å². The molecule has 1 unspecified atom stereocenters. The van der Waals surface area contributed by atoms with E-state index in [9.17, 15) is 0 Å². The van der Waals surface area contributed by atoms with Crippen LogP contribution in [0.1, 0.15) is 12.0 Å². The van der Waals surface area contributed by atoms with E-state index in [1.54, 1.807) is 21.3 Å². The Bertz CT molecular complexity index is 432. The number of hydrogen-bond donors (Lipinski definition) is 1. The van der Waals surface area contributed by atoms with Gasteiger partial charge in [0.25, 0.3) is 0 Å². The second-order valence-corrected chi connectivity index (χ2v) is 4.55. The Morgan fingerprint density at radius 1 is 1.05 bits per heavy atom. The molecule has 1 heterocycles. The standard InChI is InChI=1S/C15H21NO3/c1-17-13-9-11(8-12-6-4-5-7-16-12)10-14(18-2)15(13)19-3/h4-5,9-10,12,16H,6-8H2,1-3H3. The number of nitrogens with one attached hydrogen (secondary N) is 1. The zero-order valence-electron chi connectivity index (χ0n) is 11.7. The van der Waals surface area contributed by atoms with Crippen LogP contribution in [0, 0.1) is 0 Å². The van der Waals surface area contributed by atoms with E-state index >= 15 is 0 Å². The van der Waals surface area contributed by atoms with Gasteiger partial charge in [0, 0.05) is 12.6 Å². The molecule has 1 atom stereocenters. The van der Waals surface area contributed by atoms with Crippen LogP contribution in [0.4, 0.5) is 0 Å². The molecular formula is C15H21NO3. The number of methoxy groups -OCH3 is 3. The molecule has 0 saturated heterocycles. The molecule has 4 heteroatoms. The lowest BCUT2D eigenvalue weighted by Gasteiger charge is -2.21. The van der Waals surface area contributed by atoms with Gasteiger partial charge >= 0.3 is 0 Å². The van der Waals surface area contributed by atoms with Crippen LogP contribution >= 0.6 is 0 Å². The summed E-state index contributed by atoms with van der Waals surface area (Å²) >= 11 is 0. The average molecular weight is 263 g/mol. The van der Waals surface area contributed by atoms with E-state index in [1.807, 2.05) is 12.1 Å². The molecule has 1 aromatic carbocycles. The fraction of sp³-hybridized carbons (Fsp3) is 0.467. The van der Waals surface area contributed by atoms with Gasteiger partial charge in [-0.2, -0.15) is 0 Å². The first kappa shape index (κ1) is 13.7. The highest BCUT2D eigenvalue weighted by molar-refractivity contribution is 5.54. The maximum Gasteiger partial charge on any atom is 0.203 e. The molecule has 0 amide bonds. The summed E-state index contributed by atoms with van der Waals surface area (Å²) in [6, 6.07) is 4.50. The van der Waals surface area contributed by atoms with Crippen molar-refractivity contribution in [1.82, 2.24) is 5.32 Å². The second-order valence-electron chi connectivity index (χ2n) is 4.55. The van der Waals surface area contributed by atoms with Crippen molar-refractivity contribution in [3.63, 3.8) is 0 Å². The molecule has 0 radical (unpaired) electrons. The number of rotatable bonds is 5. The summed E-state index contributed by atoms with van der Waals surface area (Å²) in [7, 11) is 4.90. The van der Waals surface area contributed by atoms with Gasteiger partial charge in [0.1, 0.15) is 0 Å². The molecule has 0 bridgehead atoms. The Morgan fingerprint density at radius 2 is 1.74 bits per heavy atom. The Hall–Kier alpha value is -1.68. The molecule has 1 N–H and O–H groups in total. The fourth-order valence-corrected chi connectivity index (χ4v) is 2.36. The van der Waals surface area contributed by atoms with Crippen molar-refractivity contribution in [3.8, 4) is 17.2 Å². The van der Waals surface area contributed by atoms with Crippen molar-refractivity contribution in [2.75, 3.05) is 27.9 Å². The minimum absolute atomic E-state index is 0.466. The largest absolute Gasteiger partial charge is 0.493 e. The van der Waals surface area contributed by atoms with Crippen molar-refractivity contribution in [2.45, 2.75) is 18.9 Å². The van der Waals surface area contributed by atoms with Crippen LogP contribution in [0.25, 0.3) is 0 Å². The van der Waals surface area contributed by atoms with Crippen molar-refractivity contribution in [2.24, 2.45) is 0 Å². The molecule has 1 aliphatic heterocycles. The van der Waals surface area contributed by atoms with Gasteiger partial charge in [0.05, 0.1) is 21.3 Å². The number of ether oxygens (including phenoxy) is 3. The van der Waals surface area contributed by atoms with E-state index in [4.69, 9.17) is 14.2 Å². The maximum absolute atomic E-state index is 5.37. The van der Waals surface area contributed by atoms with Gasteiger partial charge in [-0.1, -0.05) is 12.2 Å². The molecule has 0 saturated carbocycles. The minimum Gasteiger partial charge on any atom is -0.493 e. The van der Waals surface area contributed by atoms with Crippen molar-refractivity contribution in [3.05, 3.63) is 29.8 Å². The summed E-state index contributed by atoms with van der Waals surface area (Å²) < 4.78 is 16.1. The second kappa shape index (κ2) is 6.48.